The van der Waals surface area contributed by atoms with Crippen molar-refractivity contribution < 1.29 is 8.42 Å². The fraction of sp³-hybridized carbons (Fsp3) is 0.444. The van der Waals surface area contributed by atoms with Crippen LogP contribution in [0.25, 0.3) is 0 Å². The molecular weight excluding hydrogens is 236 g/mol. The maximum absolute atomic E-state index is 11.8. The largest absolute Gasteiger partial charge is 0.263 e. The summed E-state index contributed by atoms with van der Waals surface area (Å²) in [5.74, 6) is 0.201. The molecule has 1 aromatic rings. The summed E-state index contributed by atoms with van der Waals surface area (Å²) in [6, 6.07) is 3.06. The predicted molar refractivity (Wildman–Crippen MR) is 59.4 cm³/mol. The molecule has 0 aliphatic heterocycles. The monoisotopic (exact) mass is 248 g/mol. The van der Waals surface area contributed by atoms with Crippen molar-refractivity contribution in [2.24, 2.45) is 0 Å². The lowest BCUT2D eigenvalue weighted by molar-refractivity contribution is 0.496. The molecule has 0 aromatic carbocycles. The van der Waals surface area contributed by atoms with Crippen LogP contribution in [0, 0.1) is 0 Å². The lowest BCUT2D eigenvalue weighted by atomic mass is 10.1. The van der Waals surface area contributed by atoms with Gasteiger partial charge in [-0.3, -0.25) is 4.98 Å². The van der Waals surface area contributed by atoms with Gasteiger partial charge in [-0.1, -0.05) is 0 Å². The summed E-state index contributed by atoms with van der Waals surface area (Å²) in [6.07, 6.45) is 2.82. The minimum Gasteiger partial charge on any atom is -0.263 e. The number of rotatable bonds is 4. The van der Waals surface area contributed by atoms with E-state index < -0.39 is 15.6 Å². The molecule has 0 spiro atoms. The summed E-state index contributed by atoms with van der Waals surface area (Å²) < 4.78 is 26.1. The van der Waals surface area contributed by atoms with E-state index in [4.69, 9.17) is 11.6 Å². The number of alkyl halides is 1. The third-order valence-electron chi connectivity index (χ3n) is 1.69. The first-order valence-corrected chi connectivity index (χ1v) is 6.39. The second-order valence-corrected chi connectivity index (χ2v) is 5.76. The number of halogens is 1. The normalized spacial score (nSPS) is 12.7. The van der Waals surface area contributed by atoms with E-state index in [1.165, 1.54) is 18.5 Å². The van der Waals surface area contributed by atoms with E-state index in [2.05, 4.69) is 9.71 Å². The number of pyridine rings is 1. The maximum Gasteiger partial charge on any atom is 0.242 e. The molecular formula is C9H13ClN2O2S. The highest BCUT2D eigenvalue weighted by atomic mass is 35.5. The first kappa shape index (κ1) is 12.4. The Morgan fingerprint density at radius 3 is 2.67 bits per heavy atom. The second kappa shape index (κ2) is 4.47. The van der Waals surface area contributed by atoms with Gasteiger partial charge in [0, 0.05) is 23.8 Å². The SMILES string of the molecule is CC(C)(CCl)NS(=O)(=O)c1cccnc1. The van der Waals surface area contributed by atoms with Gasteiger partial charge < -0.3 is 0 Å². The summed E-state index contributed by atoms with van der Waals surface area (Å²) in [6.45, 7) is 3.43. The van der Waals surface area contributed by atoms with Crippen molar-refractivity contribution in [1.29, 1.82) is 0 Å². The third kappa shape index (κ3) is 3.44. The summed E-state index contributed by atoms with van der Waals surface area (Å²) in [4.78, 5) is 3.90. The third-order valence-corrected chi connectivity index (χ3v) is 4.04. The molecule has 0 bridgehead atoms. The van der Waals surface area contributed by atoms with Crippen molar-refractivity contribution in [2.45, 2.75) is 24.3 Å². The van der Waals surface area contributed by atoms with Gasteiger partial charge in [0.25, 0.3) is 0 Å². The molecule has 0 radical (unpaired) electrons. The highest BCUT2D eigenvalue weighted by molar-refractivity contribution is 7.89. The first-order valence-electron chi connectivity index (χ1n) is 4.37. The highest BCUT2D eigenvalue weighted by Gasteiger charge is 2.25. The summed E-state index contributed by atoms with van der Waals surface area (Å²) in [5, 5.41) is 0. The number of hydrogen-bond acceptors (Lipinski definition) is 3. The Bertz CT molecular complexity index is 417. The van der Waals surface area contributed by atoms with E-state index >= 15 is 0 Å². The summed E-state index contributed by atoms with van der Waals surface area (Å²) in [7, 11) is -3.53. The Kier molecular flexibility index (Phi) is 3.70. The molecule has 0 fully saturated rings. The lowest BCUT2D eigenvalue weighted by Gasteiger charge is -2.22. The number of aromatic nitrogens is 1. The van der Waals surface area contributed by atoms with E-state index in [0.29, 0.717) is 0 Å². The average molecular weight is 249 g/mol. The molecule has 1 aromatic heterocycles. The van der Waals surface area contributed by atoms with Gasteiger partial charge >= 0.3 is 0 Å². The van der Waals surface area contributed by atoms with Crippen LogP contribution in [0.4, 0.5) is 0 Å². The molecule has 0 saturated carbocycles. The summed E-state index contributed by atoms with van der Waals surface area (Å²) in [5.41, 5.74) is -0.670. The van der Waals surface area contributed by atoms with E-state index in [1.54, 1.807) is 19.9 Å². The maximum atomic E-state index is 11.8. The molecule has 0 unspecified atom stereocenters. The summed E-state index contributed by atoms with van der Waals surface area (Å²) >= 11 is 5.64. The molecule has 1 heterocycles. The van der Waals surface area contributed by atoms with Crippen molar-refractivity contribution in [1.82, 2.24) is 9.71 Å². The van der Waals surface area contributed by atoms with Crippen LogP contribution in [-0.4, -0.2) is 24.8 Å². The number of hydrogen-bond donors (Lipinski definition) is 1. The van der Waals surface area contributed by atoms with Gasteiger partial charge in [-0.25, -0.2) is 13.1 Å². The molecule has 0 aliphatic rings. The minimum atomic E-state index is -3.53. The quantitative estimate of drug-likeness (QED) is 0.819. The Balaban J connectivity index is 2.96. The van der Waals surface area contributed by atoms with Gasteiger partial charge in [-0.15, -0.1) is 11.6 Å². The Morgan fingerprint density at radius 2 is 2.20 bits per heavy atom. The Labute approximate surface area is 94.7 Å². The minimum absolute atomic E-state index is 0.142. The first-order chi connectivity index (χ1) is 6.87. The Morgan fingerprint density at radius 1 is 1.53 bits per heavy atom. The van der Waals surface area contributed by atoms with Crippen LogP contribution in [0.2, 0.25) is 0 Å². The Hall–Kier alpha value is -0.650. The zero-order valence-corrected chi connectivity index (χ0v) is 10.1. The molecule has 0 aliphatic carbocycles. The van der Waals surface area contributed by atoms with Crippen LogP contribution < -0.4 is 4.72 Å². The van der Waals surface area contributed by atoms with Crippen LogP contribution in [0.15, 0.2) is 29.4 Å². The smallest absolute Gasteiger partial charge is 0.242 e. The molecule has 15 heavy (non-hydrogen) atoms. The molecule has 6 heteroatoms. The van der Waals surface area contributed by atoms with Crippen LogP contribution >= 0.6 is 11.6 Å². The predicted octanol–water partition coefficient (Wildman–Crippen LogP) is 1.38. The van der Waals surface area contributed by atoms with Crippen molar-refractivity contribution in [3.8, 4) is 0 Å². The second-order valence-electron chi connectivity index (χ2n) is 3.81. The van der Waals surface area contributed by atoms with Gasteiger partial charge in [0.05, 0.1) is 0 Å². The number of nitrogens with zero attached hydrogens (tertiary/aromatic N) is 1. The van der Waals surface area contributed by atoms with Crippen molar-refractivity contribution in [3.05, 3.63) is 24.5 Å². The van der Waals surface area contributed by atoms with Gasteiger partial charge in [0.1, 0.15) is 4.90 Å². The topological polar surface area (TPSA) is 59.1 Å². The van der Waals surface area contributed by atoms with Gasteiger partial charge in [-0.2, -0.15) is 0 Å². The van der Waals surface area contributed by atoms with Crippen molar-refractivity contribution in [2.75, 3.05) is 5.88 Å². The zero-order valence-electron chi connectivity index (χ0n) is 8.57. The van der Waals surface area contributed by atoms with Crippen LogP contribution in [-0.2, 0) is 10.0 Å². The van der Waals surface area contributed by atoms with Gasteiger partial charge in [0.15, 0.2) is 0 Å². The molecule has 84 valence electrons. The van der Waals surface area contributed by atoms with Gasteiger partial charge in [-0.05, 0) is 26.0 Å². The number of sulfonamides is 1. The molecule has 1 rings (SSSR count). The van der Waals surface area contributed by atoms with Crippen LogP contribution in [0.1, 0.15) is 13.8 Å². The fourth-order valence-electron chi connectivity index (χ4n) is 0.956. The number of nitrogens with one attached hydrogen (secondary N) is 1. The molecule has 0 amide bonds. The zero-order chi connectivity index (χ0) is 11.5. The van der Waals surface area contributed by atoms with Crippen molar-refractivity contribution >= 4 is 21.6 Å². The van der Waals surface area contributed by atoms with E-state index in [1.807, 2.05) is 0 Å². The van der Waals surface area contributed by atoms with E-state index in [9.17, 15) is 8.42 Å². The standard InChI is InChI=1S/C9H13ClN2O2S/c1-9(2,7-10)12-15(13,14)8-4-3-5-11-6-8/h3-6,12H,7H2,1-2H3. The fourth-order valence-corrected chi connectivity index (χ4v) is 2.48. The van der Waals surface area contributed by atoms with Crippen LogP contribution in [0.3, 0.4) is 0 Å². The molecule has 1 N–H and O–H groups in total. The highest BCUT2D eigenvalue weighted by Crippen LogP contribution is 2.12. The average Bonchev–Trinajstić information content (AvgIpc) is 2.18. The van der Waals surface area contributed by atoms with Gasteiger partial charge in [0.2, 0.25) is 10.0 Å². The molecule has 4 nitrogen and oxygen atoms in total. The van der Waals surface area contributed by atoms with Crippen LogP contribution in [0.5, 0.6) is 0 Å². The molecule has 0 atom stereocenters. The van der Waals surface area contributed by atoms with E-state index in [-0.39, 0.29) is 10.8 Å². The molecule has 0 saturated heterocycles. The van der Waals surface area contributed by atoms with E-state index in [0.717, 1.165) is 0 Å². The van der Waals surface area contributed by atoms with Crippen molar-refractivity contribution in [3.63, 3.8) is 0 Å². The lowest BCUT2D eigenvalue weighted by Crippen LogP contribution is -2.44.